The monoisotopic (exact) mass is 452 g/mol. The van der Waals surface area contributed by atoms with E-state index in [1.807, 2.05) is 24.3 Å². The van der Waals surface area contributed by atoms with Crippen LogP contribution in [0.25, 0.3) is 12.2 Å². The number of hydrogen-bond donors (Lipinski definition) is 1. The minimum Gasteiger partial charge on any atom is -0.320 e. The molecule has 0 aromatic heterocycles. The fourth-order valence-electron chi connectivity index (χ4n) is 3.61. The van der Waals surface area contributed by atoms with Crippen molar-refractivity contribution in [2.75, 3.05) is 0 Å². The minimum atomic E-state index is -0.382. The maximum absolute atomic E-state index is 10.8. The van der Waals surface area contributed by atoms with Crippen molar-refractivity contribution in [1.82, 2.24) is 0 Å². The van der Waals surface area contributed by atoms with E-state index in [9.17, 15) is 10.1 Å². The molecule has 4 rings (SSSR count). The van der Waals surface area contributed by atoms with E-state index in [2.05, 4.69) is 65.7 Å². The van der Waals surface area contributed by atoms with Gasteiger partial charge in [0.15, 0.2) is 5.75 Å². The summed E-state index contributed by atoms with van der Waals surface area (Å²) in [4.78, 5) is 19.4. The molecule has 0 unspecified atom stereocenters. The highest BCUT2D eigenvalue weighted by Gasteiger charge is 2.04. The number of nitrogens with two attached hydrogens (primary N) is 1. The van der Waals surface area contributed by atoms with E-state index in [0.717, 1.165) is 35.1 Å². The van der Waals surface area contributed by atoms with Gasteiger partial charge in [-0.25, -0.2) is 0 Å². The van der Waals surface area contributed by atoms with Crippen molar-refractivity contribution in [3.8, 4) is 5.75 Å². The lowest BCUT2D eigenvalue weighted by atomic mass is 10.0. The lowest BCUT2D eigenvalue weighted by Crippen LogP contribution is -2.03. The number of nitro groups is 1. The highest BCUT2D eigenvalue weighted by Crippen LogP contribution is 2.18. The second-order valence-electron chi connectivity index (χ2n) is 7.92. The summed E-state index contributed by atoms with van der Waals surface area (Å²) in [6, 6.07) is 31.1. The Kier molecular flexibility index (Phi) is 7.45. The number of hydrogen-bond acceptors (Lipinski definition) is 5. The van der Waals surface area contributed by atoms with Crippen LogP contribution in [0.4, 0.5) is 5.69 Å². The summed E-state index contributed by atoms with van der Waals surface area (Å²) in [5, 5.41) is 10.8. The van der Waals surface area contributed by atoms with Crippen LogP contribution in [0.3, 0.4) is 0 Å². The summed E-state index contributed by atoms with van der Waals surface area (Å²) in [5.74, 6) is 5.46. The minimum absolute atomic E-state index is 0.111. The van der Waals surface area contributed by atoms with Crippen LogP contribution in [0.15, 0.2) is 97.1 Å². The normalized spacial score (nSPS) is 11.0. The Hall–Kier alpha value is -4.26. The number of non-ortho nitro benzene ring substituents is 1. The van der Waals surface area contributed by atoms with E-state index in [4.69, 9.17) is 10.8 Å². The molecule has 0 fully saturated rings. The first-order valence-corrected chi connectivity index (χ1v) is 10.8. The van der Waals surface area contributed by atoms with Gasteiger partial charge in [0.1, 0.15) is 0 Å². The van der Waals surface area contributed by atoms with Gasteiger partial charge in [-0.3, -0.25) is 10.1 Å². The first-order chi connectivity index (χ1) is 16.6. The number of rotatable bonds is 9. The quantitative estimate of drug-likeness (QED) is 0.143. The van der Waals surface area contributed by atoms with Crippen LogP contribution < -0.4 is 10.8 Å². The molecule has 2 N–H and O–H groups in total. The number of nitro benzene ring substituents is 1. The lowest BCUT2D eigenvalue weighted by molar-refractivity contribution is -0.384. The van der Waals surface area contributed by atoms with Gasteiger partial charge in [0, 0.05) is 12.1 Å². The molecule has 0 atom stereocenters. The van der Waals surface area contributed by atoms with E-state index in [0.29, 0.717) is 5.75 Å². The standard InChI is InChI=1S/C28H24N2O4/c29-34-33-28-17-13-26(14-18-28)20-24-9-5-22(6-10-24)2-1-21-3-7-23(8-4-21)19-25-11-15-27(16-12-25)30(31)32/h1-18H,19-20,29H2/b2-1+. The van der Waals surface area contributed by atoms with Crippen LogP contribution in [-0.4, -0.2) is 4.92 Å². The van der Waals surface area contributed by atoms with Crippen molar-refractivity contribution >= 4 is 17.8 Å². The third-order valence-electron chi connectivity index (χ3n) is 5.46. The maximum Gasteiger partial charge on any atom is 0.269 e. The number of nitrogens with zero attached hydrogens (tertiary/aromatic N) is 1. The van der Waals surface area contributed by atoms with Gasteiger partial charge in [0.05, 0.1) is 4.92 Å². The zero-order valence-electron chi connectivity index (χ0n) is 18.5. The highest BCUT2D eigenvalue weighted by molar-refractivity contribution is 5.69. The fourth-order valence-corrected chi connectivity index (χ4v) is 3.61. The second kappa shape index (κ2) is 11.0. The molecule has 0 aliphatic heterocycles. The third kappa shape index (κ3) is 6.38. The molecular formula is C28H24N2O4. The smallest absolute Gasteiger partial charge is 0.269 e. The molecule has 4 aromatic rings. The Morgan fingerprint density at radius 3 is 1.41 bits per heavy atom. The topological polar surface area (TPSA) is 87.6 Å². The molecule has 0 spiro atoms. The Balaban J connectivity index is 1.32. The molecule has 0 aliphatic rings. The van der Waals surface area contributed by atoms with E-state index in [1.165, 1.54) is 11.1 Å². The summed E-state index contributed by atoms with van der Waals surface area (Å²) in [7, 11) is 0. The molecule has 6 nitrogen and oxygen atoms in total. The van der Waals surface area contributed by atoms with E-state index in [1.54, 1.807) is 24.3 Å². The average Bonchev–Trinajstić information content (AvgIpc) is 2.86. The number of benzene rings is 4. The molecule has 0 bridgehead atoms. The van der Waals surface area contributed by atoms with Crippen LogP contribution in [0, 0.1) is 10.1 Å². The molecule has 0 heterocycles. The summed E-state index contributed by atoms with van der Waals surface area (Å²) < 4.78 is 0. The van der Waals surface area contributed by atoms with Gasteiger partial charge >= 0.3 is 0 Å². The first kappa shape index (κ1) is 22.9. The van der Waals surface area contributed by atoms with Gasteiger partial charge in [-0.1, -0.05) is 89.9 Å². The largest absolute Gasteiger partial charge is 0.320 e. The Bertz CT molecular complexity index is 1250. The van der Waals surface area contributed by atoms with Gasteiger partial charge in [0.25, 0.3) is 5.69 Å². The van der Waals surface area contributed by atoms with E-state index >= 15 is 0 Å². The molecule has 0 radical (unpaired) electrons. The van der Waals surface area contributed by atoms with Crippen molar-refractivity contribution < 1.29 is 14.8 Å². The summed E-state index contributed by atoms with van der Waals surface area (Å²) in [6.07, 6.45) is 5.74. The molecule has 170 valence electrons. The van der Waals surface area contributed by atoms with Crippen molar-refractivity contribution in [1.29, 1.82) is 0 Å². The van der Waals surface area contributed by atoms with E-state index < -0.39 is 0 Å². The summed E-state index contributed by atoms with van der Waals surface area (Å²) in [6.45, 7) is 0. The van der Waals surface area contributed by atoms with Crippen LogP contribution in [0.1, 0.15) is 33.4 Å². The zero-order chi connectivity index (χ0) is 23.8. The predicted molar refractivity (Wildman–Crippen MR) is 133 cm³/mol. The lowest BCUT2D eigenvalue weighted by Gasteiger charge is -2.05. The average molecular weight is 453 g/mol. The highest BCUT2D eigenvalue weighted by atomic mass is 17.3. The maximum atomic E-state index is 10.8. The van der Waals surface area contributed by atoms with Gasteiger partial charge < -0.3 is 4.89 Å². The molecule has 34 heavy (non-hydrogen) atoms. The molecule has 0 aliphatic carbocycles. The van der Waals surface area contributed by atoms with Crippen molar-refractivity contribution in [3.63, 3.8) is 0 Å². The molecular weight excluding hydrogens is 428 g/mol. The Labute approximate surface area is 197 Å². The molecule has 0 amide bonds. The molecule has 0 saturated heterocycles. The van der Waals surface area contributed by atoms with Crippen LogP contribution in [0.2, 0.25) is 0 Å². The SMILES string of the molecule is NOOc1ccc(Cc2ccc(/C=C/c3ccc(Cc4ccc([N+](=O)[O-])cc4)cc3)cc2)cc1. The van der Waals surface area contributed by atoms with Crippen LogP contribution in [-0.2, 0) is 17.8 Å². The van der Waals surface area contributed by atoms with Gasteiger partial charge in [0.2, 0.25) is 0 Å². The van der Waals surface area contributed by atoms with Crippen LogP contribution in [0.5, 0.6) is 5.75 Å². The molecule has 4 aromatic carbocycles. The van der Waals surface area contributed by atoms with Crippen molar-refractivity contribution in [2.24, 2.45) is 5.90 Å². The fraction of sp³-hybridized carbons (Fsp3) is 0.0714. The van der Waals surface area contributed by atoms with Crippen molar-refractivity contribution in [3.05, 3.63) is 141 Å². The van der Waals surface area contributed by atoms with E-state index in [-0.39, 0.29) is 10.6 Å². The van der Waals surface area contributed by atoms with Crippen molar-refractivity contribution in [2.45, 2.75) is 12.8 Å². The first-order valence-electron chi connectivity index (χ1n) is 10.8. The van der Waals surface area contributed by atoms with Gasteiger partial charge in [-0.05, 0) is 58.4 Å². The summed E-state index contributed by atoms with van der Waals surface area (Å²) in [5.41, 5.74) is 6.94. The second-order valence-corrected chi connectivity index (χ2v) is 7.92. The van der Waals surface area contributed by atoms with Gasteiger partial charge in [-0.2, -0.15) is 5.90 Å². The predicted octanol–water partition coefficient (Wildman–Crippen LogP) is 6.13. The third-order valence-corrected chi connectivity index (χ3v) is 5.46. The molecule has 6 heteroatoms. The molecule has 0 saturated carbocycles. The Morgan fingerprint density at radius 2 is 1.03 bits per heavy atom. The Morgan fingerprint density at radius 1 is 0.647 bits per heavy atom. The van der Waals surface area contributed by atoms with Crippen LogP contribution >= 0.6 is 0 Å². The summed E-state index contributed by atoms with van der Waals surface area (Å²) >= 11 is 0. The zero-order valence-corrected chi connectivity index (χ0v) is 18.5. The van der Waals surface area contributed by atoms with Gasteiger partial charge in [-0.15, -0.1) is 0 Å².